The van der Waals surface area contributed by atoms with Crippen LogP contribution in [0.5, 0.6) is 5.75 Å². The number of methoxy groups -OCH3 is 1. The third kappa shape index (κ3) is 7.84. The van der Waals surface area contributed by atoms with Crippen molar-refractivity contribution in [3.8, 4) is 17.6 Å². The van der Waals surface area contributed by atoms with Crippen molar-refractivity contribution in [2.75, 3.05) is 13.8 Å². The molecule has 21 heavy (non-hydrogen) atoms. The third-order valence-corrected chi connectivity index (χ3v) is 2.21. The topological polar surface area (TPSA) is 47.6 Å². The molecule has 0 saturated heterocycles. The average molecular weight is 301 g/mol. The molecule has 1 rings (SSSR count). The minimum absolute atomic E-state index is 0.146. The third-order valence-electron chi connectivity index (χ3n) is 2.21. The van der Waals surface area contributed by atoms with Gasteiger partial charge in [-0.25, -0.2) is 0 Å². The molecule has 4 nitrogen and oxygen atoms in total. The van der Waals surface area contributed by atoms with E-state index >= 15 is 0 Å². The summed E-state index contributed by atoms with van der Waals surface area (Å²) in [5.74, 6) is 5.03. The number of alkyl halides is 3. The van der Waals surface area contributed by atoms with Gasteiger partial charge in [-0.15, -0.1) is 13.2 Å². The summed E-state index contributed by atoms with van der Waals surface area (Å²) in [5, 5.41) is 2.51. The highest BCUT2D eigenvalue weighted by Gasteiger charge is 2.30. The lowest BCUT2D eigenvalue weighted by Gasteiger charge is -2.07. The first kappa shape index (κ1) is 16.9. The molecule has 0 aromatic heterocycles. The summed E-state index contributed by atoms with van der Waals surface area (Å²) in [5.41, 5.74) is 0.543. The van der Waals surface area contributed by atoms with Gasteiger partial charge in [-0.1, -0.05) is 11.8 Å². The molecular formula is C14H14F3NO3. The summed E-state index contributed by atoms with van der Waals surface area (Å²) in [6.45, 7) is 0.146. The Morgan fingerprint density at radius 1 is 1.29 bits per heavy atom. The lowest BCUT2D eigenvalue weighted by molar-refractivity contribution is -0.274. The van der Waals surface area contributed by atoms with Gasteiger partial charge in [0.05, 0.1) is 0 Å². The monoisotopic (exact) mass is 301 g/mol. The van der Waals surface area contributed by atoms with Gasteiger partial charge in [0, 0.05) is 25.5 Å². The number of halogens is 3. The van der Waals surface area contributed by atoms with Gasteiger partial charge in [0.2, 0.25) is 5.91 Å². The van der Waals surface area contributed by atoms with Crippen LogP contribution in [0.3, 0.4) is 0 Å². The second kappa shape index (κ2) is 8.17. The van der Waals surface area contributed by atoms with Crippen molar-refractivity contribution in [1.29, 1.82) is 0 Å². The molecule has 0 aliphatic carbocycles. The van der Waals surface area contributed by atoms with E-state index in [4.69, 9.17) is 0 Å². The second-order valence-corrected chi connectivity index (χ2v) is 3.91. The molecular weight excluding hydrogens is 287 g/mol. The van der Waals surface area contributed by atoms with Crippen molar-refractivity contribution in [1.82, 2.24) is 5.32 Å². The Kier molecular flexibility index (Phi) is 6.56. The van der Waals surface area contributed by atoms with E-state index in [1.54, 1.807) is 0 Å². The van der Waals surface area contributed by atoms with Crippen molar-refractivity contribution in [2.24, 2.45) is 0 Å². The Labute approximate surface area is 120 Å². The first-order valence-electron chi connectivity index (χ1n) is 6.01. The van der Waals surface area contributed by atoms with Crippen LogP contribution in [0.25, 0.3) is 0 Å². The Balaban J connectivity index is 2.42. The molecule has 0 heterocycles. The van der Waals surface area contributed by atoms with Crippen molar-refractivity contribution < 1.29 is 27.4 Å². The molecule has 0 radical (unpaired) electrons. The van der Waals surface area contributed by atoms with Crippen LogP contribution in [0.2, 0.25) is 0 Å². The lowest BCUT2D eigenvalue weighted by Crippen LogP contribution is -2.24. The number of hydrogen-bond donors (Lipinski definition) is 1. The fraction of sp³-hybridized carbons (Fsp3) is 0.357. The highest BCUT2D eigenvalue weighted by molar-refractivity contribution is 5.75. The molecule has 0 aliphatic rings. The summed E-state index contributed by atoms with van der Waals surface area (Å²) < 4.78 is 44.3. The summed E-state index contributed by atoms with van der Waals surface area (Å²) in [4.78, 5) is 11.2. The van der Waals surface area contributed by atoms with E-state index in [9.17, 15) is 18.0 Å². The molecule has 0 bridgehead atoms. The van der Waals surface area contributed by atoms with Crippen LogP contribution in [0.4, 0.5) is 13.2 Å². The summed E-state index contributed by atoms with van der Waals surface area (Å²) >= 11 is 0. The SMILES string of the molecule is COCNC(=O)CCC#Cc1ccc(OC(F)(F)F)cc1. The van der Waals surface area contributed by atoms with Crippen LogP contribution < -0.4 is 10.1 Å². The van der Waals surface area contributed by atoms with Crippen LogP contribution >= 0.6 is 0 Å². The normalized spacial score (nSPS) is 10.5. The van der Waals surface area contributed by atoms with Crippen LogP contribution in [-0.2, 0) is 9.53 Å². The minimum atomic E-state index is -4.71. The molecule has 1 amide bonds. The first-order chi connectivity index (χ1) is 9.90. The van der Waals surface area contributed by atoms with Gasteiger partial charge in [0.15, 0.2) is 0 Å². The predicted molar refractivity (Wildman–Crippen MR) is 69.3 cm³/mol. The highest BCUT2D eigenvalue weighted by atomic mass is 19.4. The Bertz CT molecular complexity index is 515. The predicted octanol–water partition coefficient (Wildman–Crippen LogP) is 2.44. The maximum atomic E-state index is 12.0. The van der Waals surface area contributed by atoms with E-state index in [0.717, 1.165) is 0 Å². The van der Waals surface area contributed by atoms with Gasteiger partial charge < -0.3 is 14.8 Å². The van der Waals surface area contributed by atoms with Crippen LogP contribution in [0.1, 0.15) is 18.4 Å². The molecule has 7 heteroatoms. The quantitative estimate of drug-likeness (QED) is 0.671. The van der Waals surface area contributed by atoms with Crippen molar-refractivity contribution in [3.05, 3.63) is 29.8 Å². The molecule has 0 spiro atoms. The van der Waals surface area contributed by atoms with Crippen molar-refractivity contribution in [2.45, 2.75) is 19.2 Å². The maximum absolute atomic E-state index is 12.0. The molecule has 1 N–H and O–H groups in total. The highest BCUT2D eigenvalue weighted by Crippen LogP contribution is 2.22. The molecule has 114 valence electrons. The van der Waals surface area contributed by atoms with E-state index in [1.165, 1.54) is 31.4 Å². The number of carbonyl (C=O) groups is 1. The summed E-state index contributed by atoms with van der Waals surface area (Å²) in [6, 6.07) is 5.20. The Morgan fingerprint density at radius 3 is 2.52 bits per heavy atom. The van der Waals surface area contributed by atoms with Gasteiger partial charge in [-0.3, -0.25) is 4.79 Å². The first-order valence-corrected chi connectivity index (χ1v) is 6.01. The van der Waals surface area contributed by atoms with Gasteiger partial charge in [0.1, 0.15) is 12.5 Å². The van der Waals surface area contributed by atoms with Gasteiger partial charge in [-0.05, 0) is 24.3 Å². The van der Waals surface area contributed by atoms with E-state index in [0.29, 0.717) is 12.0 Å². The van der Waals surface area contributed by atoms with E-state index in [-0.39, 0.29) is 24.8 Å². The van der Waals surface area contributed by atoms with E-state index in [2.05, 4.69) is 26.6 Å². The van der Waals surface area contributed by atoms with Crippen molar-refractivity contribution in [3.63, 3.8) is 0 Å². The molecule has 0 saturated carbocycles. The molecule has 0 fully saturated rings. The molecule has 1 aromatic rings. The number of rotatable bonds is 5. The zero-order valence-electron chi connectivity index (χ0n) is 11.3. The lowest BCUT2D eigenvalue weighted by atomic mass is 10.2. The number of nitrogens with one attached hydrogen (secondary N) is 1. The van der Waals surface area contributed by atoms with E-state index < -0.39 is 6.36 Å². The fourth-order valence-corrected chi connectivity index (χ4v) is 1.32. The van der Waals surface area contributed by atoms with Crippen LogP contribution in [0, 0.1) is 11.8 Å². The zero-order valence-corrected chi connectivity index (χ0v) is 11.3. The number of benzene rings is 1. The number of carbonyl (C=O) groups excluding carboxylic acids is 1. The molecule has 0 aliphatic heterocycles. The van der Waals surface area contributed by atoms with Gasteiger partial charge in [0.25, 0.3) is 0 Å². The van der Waals surface area contributed by atoms with E-state index in [1.807, 2.05) is 0 Å². The number of hydrogen-bond acceptors (Lipinski definition) is 3. The van der Waals surface area contributed by atoms with Crippen LogP contribution in [-0.4, -0.2) is 26.1 Å². The largest absolute Gasteiger partial charge is 0.573 e. The smallest absolute Gasteiger partial charge is 0.406 e. The zero-order chi connectivity index (χ0) is 15.7. The van der Waals surface area contributed by atoms with Crippen LogP contribution in [0.15, 0.2) is 24.3 Å². The molecule has 1 aromatic carbocycles. The average Bonchev–Trinajstić information content (AvgIpc) is 2.41. The Hall–Kier alpha value is -2.20. The number of amides is 1. The van der Waals surface area contributed by atoms with Gasteiger partial charge in [-0.2, -0.15) is 0 Å². The maximum Gasteiger partial charge on any atom is 0.573 e. The number of ether oxygens (including phenoxy) is 2. The standard InChI is InChI=1S/C14H14F3NO3/c1-20-10-18-13(19)5-3-2-4-11-6-8-12(9-7-11)21-14(15,16)17/h6-9H,3,5,10H2,1H3,(H,18,19). The fourth-order valence-electron chi connectivity index (χ4n) is 1.32. The second-order valence-electron chi connectivity index (χ2n) is 3.91. The van der Waals surface area contributed by atoms with Gasteiger partial charge >= 0.3 is 6.36 Å². The summed E-state index contributed by atoms with van der Waals surface area (Å²) in [6.07, 6.45) is -4.13. The molecule has 0 atom stereocenters. The minimum Gasteiger partial charge on any atom is -0.406 e. The Morgan fingerprint density at radius 2 is 1.95 bits per heavy atom. The summed E-state index contributed by atoms with van der Waals surface area (Å²) in [7, 11) is 1.46. The van der Waals surface area contributed by atoms with Crippen molar-refractivity contribution >= 4 is 5.91 Å². The molecule has 0 unspecified atom stereocenters.